The van der Waals surface area contributed by atoms with Gasteiger partial charge in [0, 0.05) is 14.2 Å². The number of allylic oxidation sites excluding steroid dienone is 1. The monoisotopic (exact) mass is 318 g/mol. The van der Waals surface area contributed by atoms with Gasteiger partial charge in [0.1, 0.15) is 11.9 Å². The second-order valence-electron chi connectivity index (χ2n) is 5.57. The summed E-state index contributed by atoms with van der Waals surface area (Å²) in [6.07, 6.45) is 3.66. The van der Waals surface area contributed by atoms with Crippen LogP contribution < -0.4 is 4.57 Å². The number of imidazole rings is 1. The zero-order chi connectivity index (χ0) is 16.7. The molecule has 0 bridgehead atoms. The van der Waals surface area contributed by atoms with E-state index in [0.29, 0.717) is 24.9 Å². The van der Waals surface area contributed by atoms with E-state index in [1.807, 2.05) is 22.3 Å². The number of aromatic nitrogens is 2. The number of likely N-dealkylation sites (N-methyl/N-ethyl adjacent to an activating group) is 1. The number of nitrogens with zero attached hydrogens (tertiary/aromatic N) is 5. The third kappa shape index (κ3) is 2.17. The van der Waals surface area contributed by atoms with Gasteiger partial charge < -0.3 is 4.74 Å². The van der Waals surface area contributed by atoms with Crippen LogP contribution in [-0.4, -0.2) is 59.4 Å². The van der Waals surface area contributed by atoms with E-state index in [4.69, 9.17) is 4.74 Å². The molecule has 2 aliphatic heterocycles. The van der Waals surface area contributed by atoms with Crippen molar-refractivity contribution < 1.29 is 18.9 Å². The number of amidine groups is 1. The maximum absolute atomic E-state index is 12.8. The van der Waals surface area contributed by atoms with Crippen LogP contribution in [0.25, 0.3) is 0 Å². The van der Waals surface area contributed by atoms with Gasteiger partial charge in [-0.05, 0) is 6.92 Å². The van der Waals surface area contributed by atoms with Gasteiger partial charge in [-0.1, -0.05) is 17.6 Å². The first-order chi connectivity index (χ1) is 11.0. The predicted octanol–water partition coefficient (Wildman–Crippen LogP) is 0.395. The Balaban J connectivity index is 2.04. The van der Waals surface area contributed by atoms with Crippen LogP contribution in [0.1, 0.15) is 11.7 Å². The second-order valence-corrected chi connectivity index (χ2v) is 5.57. The van der Waals surface area contributed by atoms with E-state index >= 15 is 0 Å². The van der Waals surface area contributed by atoms with Crippen LogP contribution in [0.2, 0.25) is 0 Å². The van der Waals surface area contributed by atoms with Gasteiger partial charge in [-0.2, -0.15) is 0 Å². The standard InChI is InChI=1S/C15H20N5O3/c1-5-6-18-10(2)9-20-11-12(16-14(18)20)17(3)15(22)19(13(11)21)7-8-23-4/h5,9,11H,1,6-8H2,2-4H3/q+1. The molecule has 122 valence electrons. The third-order valence-corrected chi connectivity index (χ3v) is 4.15. The molecule has 1 aromatic heterocycles. The molecule has 1 aromatic rings. The number of carbonyl (C=O) groups is 2. The molecule has 3 heterocycles. The molecule has 0 aromatic carbocycles. The Morgan fingerprint density at radius 1 is 1.48 bits per heavy atom. The van der Waals surface area contributed by atoms with E-state index < -0.39 is 6.04 Å². The number of carbonyl (C=O) groups excluding carboxylic acids is 2. The summed E-state index contributed by atoms with van der Waals surface area (Å²) in [6.45, 7) is 6.83. The fraction of sp³-hybridized carbons (Fsp3) is 0.467. The SMILES string of the molecule is C=CCn1c(C)c[n+]2c1N=C1C2C(=O)N(CCOC)C(=O)N1C. The Hall–Kier alpha value is -2.48. The first kappa shape index (κ1) is 15.4. The largest absolute Gasteiger partial charge is 0.402 e. The molecule has 0 spiro atoms. The van der Waals surface area contributed by atoms with Crippen LogP contribution in [-0.2, 0) is 16.1 Å². The van der Waals surface area contributed by atoms with E-state index in [-0.39, 0.29) is 18.5 Å². The third-order valence-electron chi connectivity index (χ3n) is 4.15. The minimum atomic E-state index is -0.602. The number of urea groups is 1. The summed E-state index contributed by atoms with van der Waals surface area (Å²) in [6, 6.07) is -0.978. The van der Waals surface area contributed by atoms with Crippen LogP contribution in [0, 0.1) is 6.92 Å². The average molecular weight is 318 g/mol. The number of methoxy groups -OCH3 is 1. The van der Waals surface area contributed by atoms with Gasteiger partial charge in [0.05, 0.1) is 19.7 Å². The average Bonchev–Trinajstić information content (AvgIpc) is 3.02. The summed E-state index contributed by atoms with van der Waals surface area (Å²) < 4.78 is 8.78. The number of hydrogen-bond acceptors (Lipinski definition) is 4. The number of hydrogen-bond donors (Lipinski definition) is 0. The summed E-state index contributed by atoms with van der Waals surface area (Å²) in [7, 11) is 3.17. The molecule has 1 saturated heterocycles. The molecule has 1 fully saturated rings. The number of aryl methyl sites for hydroxylation is 1. The highest BCUT2D eigenvalue weighted by molar-refractivity contribution is 6.19. The first-order valence-electron chi connectivity index (χ1n) is 7.40. The number of rotatable bonds is 5. The van der Waals surface area contributed by atoms with Crippen LogP contribution in [0.15, 0.2) is 23.8 Å². The molecule has 0 radical (unpaired) electrons. The molecule has 8 nitrogen and oxygen atoms in total. The number of ether oxygens (including phenoxy) is 1. The highest BCUT2D eigenvalue weighted by atomic mass is 16.5. The van der Waals surface area contributed by atoms with E-state index in [0.717, 1.165) is 5.69 Å². The lowest BCUT2D eigenvalue weighted by molar-refractivity contribution is -0.677. The lowest BCUT2D eigenvalue weighted by Gasteiger charge is -2.32. The van der Waals surface area contributed by atoms with Gasteiger partial charge >= 0.3 is 12.0 Å². The van der Waals surface area contributed by atoms with Gasteiger partial charge in [0.15, 0.2) is 0 Å². The Morgan fingerprint density at radius 3 is 2.87 bits per heavy atom. The van der Waals surface area contributed by atoms with E-state index in [2.05, 4.69) is 11.6 Å². The van der Waals surface area contributed by atoms with Crippen molar-refractivity contribution in [2.45, 2.75) is 19.5 Å². The minimum Gasteiger partial charge on any atom is -0.383 e. The van der Waals surface area contributed by atoms with Gasteiger partial charge in [-0.3, -0.25) is 14.6 Å². The topological polar surface area (TPSA) is 71.0 Å². The summed E-state index contributed by atoms with van der Waals surface area (Å²) in [5, 5.41) is 0. The second kappa shape index (κ2) is 5.62. The van der Waals surface area contributed by atoms with Gasteiger partial charge in [0.25, 0.3) is 5.91 Å². The minimum absolute atomic E-state index is 0.227. The molecule has 23 heavy (non-hydrogen) atoms. The van der Waals surface area contributed by atoms with Crippen molar-refractivity contribution in [3.63, 3.8) is 0 Å². The first-order valence-corrected chi connectivity index (χ1v) is 7.40. The van der Waals surface area contributed by atoms with Crippen LogP contribution >= 0.6 is 0 Å². The van der Waals surface area contributed by atoms with Crippen molar-refractivity contribution in [1.82, 2.24) is 14.4 Å². The van der Waals surface area contributed by atoms with Gasteiger partial charge in [-0.15, -0.1) is 0 Å². The van der Waals surface area contributed by atoms with Crippen LogP contribution in [0.3, 0.4) is 0 Å². The smallest absolute Gasteiger partial charge is 0.383 e. The Morgan fingerprint density at radius 2 is 2.22 bits per heavy atom. The Labute approximate surface area is 134 Å². The highest BCUT2D eigenvalue weighted by Crippen LogP contribution is 2.28. The molecule has 2 aliphatic rings. The van der Waals surface area contributed by atoms with Crippen LogP contribution in [0.4, 0.5) is 10.7 Å². The molecule has 1 unspecified atom stereocenters. The predicted molar refractivity (Wildman–Crippen MR) is 82.4 cm³/mol. The molecule has 3 rings (SSSR count). The highest BCUT2D eigenvalue weighted by Gasteiger charge is 2.52. The van der Waals surface area contributed by atoms with Crippen molar-refractivity contribution in [3.05, 3.63) is 24.5 Å². The summed E-state index contributed by atoms with van der Waals surface area (Å²) >= 11 is 0. The zero-order valence-electron chi connectivity index (χ0n) is 13.5. The van der Waals surface area contributed by atoms with Gasteiger partial charge in [-0.25, -0.2) is 13.9 Å². The molecule has 8 heteroatoms. The number of aliphatic imine (C=N–C) groups is 1. The number of imide groups is 1. The Kier molecular flexibility index (Phi) is 3.77. The normalized spacial score (nSPS) is 19.8. The van der Waals surface area contributed by atoms with Crippen molar-refractivity contribution in [2.24, 2.45) is 4.99 Å². The number of amides is 3. The fourth-order valence-corrected chi connectivity index (χ4v) is 2.97. The van der Waals surface area contributed by atoms with Crippen molar-refractivity contribution >= 4 is 23.7 Å². The van der Waals surface area contributed by atoms with Gasteiger partial charge in [0.2, 0.25) is 11.9 Å². The molecule has 3 amide bonds. The van der Waals surface area contributed by atoms with E-state index in [1.54, 1.807) is 13.1 Å². The van der Waals surface area contributed by atoms with Crippen molar-refractivity contribution in [3.8, 4) is 0 Å². The van der Waals surface area contributed by atoms with Crippen LogP contribution in [0.5, 0.6) is 0 Å². The quantitative estimate of drug-likeness (QED) is 0.583. The zero-order valence-corrected chi connectivity index (χ0v) is 13.5. The fourth-order valence-electron chi connectivity index (χ4n) is 2.97. The maximum Gasteiger partial charge on any atom is 0.402 e. The van der Waals surface area contributed by atoms with E-state index in [9.17, 15) is 9.59 Å². The molecule has 1 atom stereocenters. The molecule has 0 N–H and O–H groups in total. The summed E-state index contributed by atoms with van der Waals surface area (Å²) in [4.78, 5) is 32.4. The van der Waals surface area contributed by atoms with Crippen molar-refractivity contribution in [2.75, 3.05) is 27.3 Å². The van der Waals surface area contributed by atoms with Crippen molar-refractivity contribution in [1.29, 1.82) is 0 Å². The summed E-state index contributed by atoms with van der Waals surface area (Å²) in [5.74, 6) is 0.842. The lowest BCUT2D eigenvalue weighted by atomic mass is 10.1. The molecule has 0 saturated carbocycles. The Bertz CT molecular complexity index is 721. The molecular weight excluding hydrogens is 298 g/mol. The number of fused-ring (bicyclic) bond motifs is 3. The van der Waals surface area contributed by atoms with E-state index in [1.165, 1.54) is 16.9 Å². The maximum atomic E-state index is 12.8. The lowest BCUT2D eigenvalue weighted by Crippen LogP contribution is -2.63. The summed E-state index contributed by atoms with van der Waals surface area (Å²) in [5.41, 5.74) is 0.985. The molecule has 0 aliphatic carbocycles. The molecular formula is C15H20N5O3+.